The third-order valence-electron chi connectivity index (χ3n) is 2.80. The summed E-state index contributed by atoms with van der Waals surface area (Å²) in [6.07, 6.45) is 4.83. The average molecular weight is 220 g/mol. The van der Waals surface area contributed by atoms with Gasteiger partial charge in [0.1, 0.15) is 5.82 Å². The van der Waals surface area contributed by atoms with Crippen LogP contribution in [0.2, 0.25) is 0 Å². The predicted molar refractivity (Wildman–Crippen MR) is 60.2 cm³/mol. The van der Waals surface area contributed by atoms with Gasteiger partial charge in [-0.1, -0.05) is 0 Å². The Morgan fingerprint density at radius 1 is 1.25 bits per heavy atom. The lowest BCUT2D eigenvalue weighted by atomic mass is 10.1. The molecular formula is C12H13FN2O. The van der Waals surface area contributed by atoms with E-state index < -0.39 is 0 Å². The molecule has 0 amide bonds. The molecule has 1 aliphatic rings. The van der Waals surface area contributed by atoms with E-state index in [9.17, 15) is 9.18 Å². The van der Waals surface area contributed by atoms with E-state index in [2.05, 4.69) is 4.99 Å². The van der Waals surface area contributed by atoms with Gasteiger partial charge in [-0.2, -0.15) is 4.99 Å². The number of benzene rings is 1. The topological polar surface area (TPSA) is 32.7 Å². The van der Waals surface area contributed by atoms with Gasteiger partial charge in [0.15, 0.2) is 0 Å². The third kappa shape index (κ3) is 2.28. The molecule has 4 heteroatoms. The second-order valence-corrected chi connectivity index (χ2v) is 3.89. The van der Waals surface area contributed by atoms with Gasteiger partial charge < -0.3 is 4.90 Å². The molecule has 0 spiro atoms. The van der Waals surface area contributed by atoms with Crippen molar-refractivity contribution in [2.75, 3.05) is 18.0 Å². The Labute approximate surface area is 93.6 Å². The normalized spacial score (nSPS) is 15.7. The van der Waals surface area contributed by atoms with Crippen molar-refractivity contribution < 1.29 is 9.18 Å². The SMILES string of the molecule is O=C=Nc1ccc(N2CCCCC2)c(F)c1. The van der Waals surface area contributed by atoms with Crippen molar-refractivity contribution in [2.45, 2.75) is 19.3 Å². The molecule has 1 aliphatic heterocycles. The van der Waals surface area contributed by atoms with E-state index in [1.165, 1.54) is 18.6 Å². The zero-order valence-corrected chi connectivity index (χ0v) is 8.95. The van der Waals surface area contributed by atoms with Crippen molar-refractivity contribution in [1.29, 1.82) is 0 Å². The molecule has 0 radical (unpaired) electrons. The van der Waals surface area contributed by atoms with Crippen molar-refractivity contribution in [1.82, 2.24) is 0 Å². The Morgan fingerprint density at radius 3 is 2.62 bits per heavy atom. The summed E-state index contributed by atoms with van der Waals surface area (Å²) in [5, 5.41) is 0. The molecule has 0 saturated carbocycles. The zero-order chi connectivity index (χ0) is 11.4. The zero-order valence-electron chi connectivity index (χ0n) is 8.95. The smallest absolute Gasteiger partial charge is 0.240 e. The van der Waals surface area contributed by atoms with E-state index in [1.54, 1.807) is 12.1 Å². The number of anilines is 1. The Bertz CT molecular complexity index is 421. The predicted octanol–water partition coefficient (Wildman–Crippen LogP) is 2.78. The second kappa shape index (κ2) is 4.90. The van der Waals surface area contributed by atoms with Crippen LogP contribution < -0.4 is 4.90 Å². The Balaban J connectivity index is 2.24. The number of hydrogen-bond acceptors (Lipinski definition) is 3. The minimum absolute atomic E-state index is 0.313. The molecule has 0 N–H and O–H groups in total. The number of rotatable bonds is 2. The lowest BCUT2D eigenvalue weighted by Crippen LogP contribution is -2.30. The quantitative estimate of drug-likeness (QED) is 0.567. The first-order valence-corrected chi connectivity index (χ1v) is 5.43. The first-order chi connectivity index (χ1) is 7.81. The lowest BCUT2D eigenvalue weighted by molar-refractivity contribution is 0.557. The van der Waals surface area contributed by atoms with E-state index in [-0.39, 0.29) is 5.82 Å². The monoisotopic (exact) mass is 220 g/mol. The molecule has 3 nitrogen and oxygen atoms in total. The molecule has 0 aromatic heterocycles. The molecule has 1 fully saturated rings. The Morgan fingerprint density at radius 2 is 2.00 bits per heavy atom. The maximum absolute atomic E-state index is 13.7. The standard InChI is InChI=1S/C12H13FN2O/c13-11-8-10(14-9-16)4-5-12(11)15-6-2-1-3-7-15/h4-5,8H,1-3,6-7H2. The molecule has 1 saturated heterocycles. The summed E-state index contributed by atoms with van der Waals surface area (Å²) >= 11 is 0. The van der Waals surface area contributed by atoms with Crippen LogP contribution in [0.25, 0.3) is 0 Å². The molecule has 1 aromatic carbocycles. The van der Waals surface area contributed by atoms with Gasteiger partial charge in [0.2, 0.25) is 6.08 Å². The first kappa shape index (κ1) is 10.8. The summed E-state index contributed by atoms with van der Waals surface area (Å²) in [5.41, 5.74) is 0.915. The van der Waals surface area contributed by atoms with Crippen LogP contribution in [-0.4, -0.2) is 19.2 Å². The highest BCUT2D eigenvalue weighted by Gasteiger charge is 2.14. The summed E-state index contributed by atoms with van der Waals surface area (Å²) in [4.78, 5) is 15.5. The molecule has 0 atom stereocenters. The molecule has 84 valence electrons. The lowest BCUT2D eigenvalue weighted by Gasteiger charge is -2.29. The molecule has 0 unspecified atom stereocenters. The van der Waals surface area contributed by atoms with E-state index in [0.29, 0.717) is 11.4 Å². The van der Waals surface area contributed by atoms with Crippen LogP contribution in [-0.2, 0) is 4.79 Å². The molecule has 0 bridgehead atoms. The number of aliphatic imine (C=N–C) groups is 1. The summed E-state index contributed by atoms with van der Waals surface area (Å²) in [6.45, 7) is 1.79. The van der Waals surface area contributed by atoms with Crippen molar-refractivity contribution in [2.24, 2.45) is 4.99 Å². The van der Waals surface area contributed by atoms with Crippen LogP contribution in [0.3, 0.4) is 0 Å². The van der Waals surface area contributed by atoms with Crippen molar-refractivity contribution >= 4 is 17.5 Å². The Hall–Kier alpha value is -1.67. The maximum atomic E-state index is 13.7. The van der Waals surface area contributed by atoms with Crippen molar-refractivity contribution in [3.8, 4) is 0 Å². The fourth-order valence-corrected chi connectivity index (χ4v) is 2.01. The van der Waals surface area contributed by atoms with Gasteiger partial charge >= 0.3 is 0 Å². The van der Waals surface area contributed by atoms with Gasteiger partial charge in [-0.3, -0.25) is 0 Å². The Kier molecular flexibility index (Phi) is 3.32. The molecule has 2 rings (SSSR count). The second-order valence-electron chi connectivity index (χ2n) is 3.89. The van der Waals surface area contributed by atoms with Gasteiger partial charge in [0.25, 0.3) is 0 Å². The summed E-state index contributed by atoms with van der Waals surface area (Å²) in [7, 11) is 0. The van der Waals surface area contributed by atoms with E-state index in [1.807, 2.05) is 4.90 Å². The number of piperidine rings is 1. The van der Waals surface area contributed by atoms with E-state index in [4.69, 9.17) is 0 Å². The van der Waals surface area contributed by atoms with Crippen LogP contribution >= 0.6 is 0 Å². The van der Waals surface area contributed by atoms with Crippen LogP contribution in [0.1, 0.15) is 19.3 Å². The van der Waals surface area contributed by atoms with Gasteiger partial charge in [-0.05, 0) is 31.4 Å². The van der Waals surface area contributed by atoms with Gasteiger partial charge in [0.05, 0.1) is 11.4 Å². The van der Waals surface area contributed by atoms with E-state index in [0.717, 1.165) is 25.9 Å². The highest BCUT2D eigenvalue weighted by molar-refractivity contribution is 5.57. The maximum Gasteiger partial charge on any atom is 0.240 e. The first-order valence-electron chi connectivity index (χ1n) is 5.43. The highest BCUT2D eigenvalue weighted by atomic mass is 19.1. The molecule has 1 aromatic rings. The van der Waals surface area contributed by atoms with Crippen molar-refractivity contribution in [3.05, 3.63) is 24.0 Å². The largest absolute Gasteiger partial charge is 0.369 e. The highest BCUT2D eigenvalue weighted by Crippen LogP contribution is 2.26. The van der Waals surface area contributed by atoms with E-state index >= 15 is 0 Å². The van der Waals surface area contributed by atoms with Crippen LogP contribution in [0.5, 0.6) is 0 Å². The fourth-order valence-electron chi connectivity index (χ4n) is 2.01. The number of hydrogen-bond donors (Lipinski definition) is 0. The fraction of sp³-hybridized carbons (Fsp3) is 0.417. The van der Waals surface area contributed by atoms with Gasteiger partial charge in [0, 0.05) is 19.2 Å². The van der Waals surface area contributed by atoms with Crippen LogP contribution in [0.15, 0.2) is 23.2 Å². The van der Waals surface area contributed by atoms with Crippen molar-refractivity contribution in [3.63, 3.8) is 0 Å². The summed E-state index contributed by atoms with van der Waals surface area (Å²) in [6, 6.07) is 4.59. The molecule has 16 heavy (non-hydrogen) atoms. The third-order valence-corrected chi connectivity index (χ3v) is 2.80. The van der Waals surface area contributed by atoms with Gasteiger partial charge in [-0.25, -0.2) is 9.18 Å². The summed E-state index contributed by atoms with van der Waals surface area (Å²) < 4.78 is 13.7. The number of nitrogens with zero attached hydrogens (tertiary/aromatic N) is 2. The minimum atomic E-state index is -0.321. The number of isocyanates is 1. The van der Waals surface area contributed by atoms with Crippen LogP contribution in [0, 0.1) is 5.82 Å². The molecule has 0 aliphatic carbocycles. The molecule has 1 heterocycles. The number of halogens is 1. The molecular weight excluding hydrogens is 207 g/mol. The number of carbonyl (C=O) groups excluding carboxylic acids is 1. The van der Waals surface area contributed by atoms with Gasteiger partial charge in [-0.15, -0.1) is 0 Å². The minimum Gasteiger partial charge on any atom is -0.369 e. The van der Waals surface area contributed by atoms with Crippen LogP contribution in [0.4, 0.5) is 15.8 Å². The summed E-state index contributed by atoms with van der Waals surface area (Å²) in [5.74, 6) is -0.321. The average Bonchev–Trinajstić information content (AvgIpc) is 2.31.